The van der Waals surface area contributed by atoms with E-state index in [0.29, 0.717) is 6.42 Å². The van der Waals surface area contributed by atoms with Gasteiger partial charge in [-0.15, -0.1) is 0 Å². The number of hydrogen-bond donors (Lipinski definition) is 1. The number of sulfonamides is 1. The molecule has 208 valence electrons. The van der Waals surface area contributed by atoms with Gasteiger partial charge in [0.25, 0.3) is 10.0 Å². The van der Waals surface area contributed by atoms with Crippen molar-refractivity contribution in [1.29, 1.82) is 0 Å². The second-order valence-electron chi connectivity index (χ2n) is 9.87. The van der Waals surface area contributed by atoms with E-state index in [1.54, 1.807) is 19.1 Å². The smallest absolute Gasteiger partial charge is 0.264 e. The highest BCUT2D eigenvalue weighted by molar-refractivity contribution is 7.92. The molecule has 0 aliphatic rings. The molecule has 3 aromatic rings. The highest BCUT2D eigenvalue weighted by Gasteiger charge is 2.34. The summed E-state index contributed by atoms with van der Waals surface area (Å²) >= 11 is 0. The third kappa shape index (κ3) is 7.44. The Bertz CT molecular complexity index is 1390. The number of hydrogen-bond acceptors (Lipinski definition) is 4. The van der Waals surface area contributed by atoms with Crippen molar-refractivity contribution in [3.63, 3.8) is 0 Å². The maximum Gasteiger partial charge on any atom is 0.264 e. The van der Waals surface area contributed by atoms with Gasteiger partial charge in [0.2, 0.25) is 11.8 Å². The van der Waals surface area contributed by atoms with Crippen LogP contribution in [-0.2, 0) is 26.2 Å². The standard InChI is InChI=1S/C30H36FN3O4S/c1-6-27(30(36)32-21(2)3)33(19-24-15-11-22(4)12-16-24)29(35)20-34(28-10-8-7-9-26(28)31)39(37,38)25-17-13-23(5)14-18-25/h7-18,21,27H,6,19-20H2,1-5H3,(H,32,36). The lowest BCUT2D eigenvalue weighted by atomic mass is 10.1. The molecule has 0 saturated carbocycles. The van der Waals surface area contributed by atoms with Crippen LogP contribution in [0.2, 0.25) is 0 Å². The topological polar surface area (TPSA) is 86.8 Å². The van der Waals surface area contributed by atoms with Gasteiger partial charge in [0, 0.05) is 12.6 Å². The number of carbonyl (C=O) groups is 2. The normalized spacial score (nSPS) is 12.2. The zero-order chi connectivity index (χ0) is 28.7. The predicted octanol–water partition coefficient (Wildman–Crippen LogP) is 4.97. The van der Waals surface area contributed by atoms with E-state index in [2.05, 4.69) is 5.32 Å². The van der Waals surface area contributed by atoms with E-state index in [1.165, 1.54) is 35.2 Å². The first-order valence-electron chi connectivity index (χ1n) is 12.9. The fourth-order valence-electron chi connectivity index (χ4n) is 4.20. The number of amides is 2. The lowest BCUT2D eigenvalue weighted by molar-refractivity contribution is -0.140. The third-order valence-corrected chi connectivity index (χ3v) is 8.07. The molecule has 39 heavy (non-hydrogen) atoms. The van der Waals surface area contributed by atoms with Gasteiger partial charge in [-0.2, -0.15) is 0 Å². The second kappa shape index (κ2) is 12.9. The fraction of sp³-hybridized carbons (Fsp3) is 0.333. The van der Waals surface area contributed by atoms with E-state index < -0.39 is 34.3 Å². The summed E-state index contributed by atoms with van der Waals surface area (Å²) in [6.07, 6.45) is 0.306. The summed E-state index contributed by atoms with van der Waals surface area (Å²) < 4.78 is 43.3. The number of carbonyl (C=O) groups excluding carboxylic acids is 2. The first-order valence-corrected chi connectivity index (χ1v) is 14.4. The number of para-hydroxylation sites is 1. The van der Waals surface area contributed by atoms with Gasteiger partial charge in [0.1, 0.15) is 18.4 Å². The highest BCUT2D eigenvalue weighted by atomic mass is 32.2. The first kappa shape index (κ1) is 29.8. The molecule has 0 aromatic heterocycles. The molecule has 0 spiro atoms. The van der Waals surface area contributed by atoms with Crippen LogP contribution in [0.4, 0.5) is 10.1 Å². The highest BCUT2D eigenvalue weighted by Crippen LogP contribution is 2.27. The number of benzene rings is 3. The van der Waals surface area contributed by atoms with Crippen LogP contribution >= 0.6 is 0 Å². The van der Waals surface area contributed by atoms with Crippen molar-refractivity contribution in [3.05, 3.63) is 95.3 Å². The molecule has 0 bridgehead atoms. The molecule has 0 radical (unpaired) electrons. The Morgan fingerprint density at radius 3 is 2.00 bits per heavy atom. The number of rotatable bonds is 11. The summed E-state index contributed by atoms with van der Waals surface area (Å²) in [5, 5.41) is 2.85. The monoisotopic (exact) mass is 553 g/mol. The molecule has 0 aliphatic carbocycles. The number of nitrogens with one attached hydrogen (secondary N) is 1. The minimum atomic E-state index is -4.33. The lowest BCUT2D eigenvalue weighted by Crippen LogP contribution is -2.53. The molecule has 1 unspecified atom stereocenters. The maximum atomic E-state index is 15.0. The van der Waals surface area contributed by atoms with Crippen molar-refractivity contribution in [1.82, 2.24) is 10.2 Å². The Hall–Kier alpha value is -3.72. The molecule has 3 aromatic carbocycles. The van der Waals surface area contributed by atoms with Crippen molar-refractivity contribution >= 4 is 27.5 Å². The number of anilines is 1. The van der Waals surface area contributed by atoms with Gasteiger partial charge in [0.15, 0.2) is 0 Å². The summed E-state index contributed by atoms with van der Waals surface area (Å²) in [6.45, 7) is 8.60. The second-order valence-corrected chi connectivity index (χ2v) is 11.7. The molecule has 9 heteroatoms. The Morgan fingerprint density at radius 1 is 0.897 bits per heavy atom. The van der Waals surface area contributed by atoms with Gasteiger partial charge in [0.05, 0.1) is 10.6 Å². The van der Waals surface area contributed by atoms with Crippen molar-refractivity contribution in [2.24, 2.45) is 0 Å². The van der Waals surface area contributed by atoms with Crippen LogP contribution in [0, 0.1) is 19.7 Å². The Labute approximate surface area is 230 Å². The fourth-order valence-corrected chi connectivity index (χ4v) is 5.62. The van der Waals surface area contributed by atoms with Crippen molar-refractivity contribution in [3.8, 4) is 0 Å². The molecule has 2 amide bonds. The molecule has 3 rings (SSSR count). The van der Waals surface area contributed by atoms with Crippen LogP contribution in [-0.4, -0.2) is 43.8 Å². The minimum absolute atomic E-state index is 0.0705. The van der Waals surface area contributed by atoms with Crippen molar-refractivity contribution < 1.29 is 22.4 Å². The van der Waals surface area contributed by atoms with Crippen molar-refractivity contribution in [2.45, 2.75) is 64.6 Å². The Morgan fingerprint density at radius 2 is 1.46 bits per heavy atom. The zero-order valence-electron chi connectivity index (χ0n) is 23.0. The van der Waals surface area contributed by atoms with Crippen LogP contribution in [0.5, 0.6) is 0 Å². The molecule has 1 N–H and O–H groups in total. The summed E-state index contributed by atoms with van der Waals surface area (Å²) in [7, 11) is -4.33. The van der Waals surface area contributed by atoms with Gasteiger partial charge < -0.3 is 10.2 Å². The van der Waals surface area contributed by atoms with Gasteiger partial charge in [-0.25, -0.2) is 12.8 Å². The SMILES string of the molecule is CCC(C(=O)NC(C)C)N(Cc1ccc(C)cc1)C(=O)CN(c1ccccc1F)S(=O)(=O)c1ccc(C)cc1. The van der Waals surface area contributed by atoms with E-state index >= 15 is 0 Å². The molecule has 0 saturated heterocycles. The van der Waals surface area contributed by atoms with Crippen LogP contribution in [0.3, 0.4) is 0 Å². The van der Waals surface area contributed by atoms with Crippen molar-refractivity contribution in [2.75, 3.05) is 10.8 Å². The molecule has 1 atom stereocenters. The van der Waals surface area contributed by atoms with Crippen LogP contribution < -0.4 is 9.62 Å². The first-order chi connectivity index (χ1) is 18.4. The number of aryl methyl sites for hydroxylation is 2. The predicted molar refractivity (Wildman–Crippen MR) is 151 cm³/mol. The van der Waals surface area contributed by atoms with Gasteiger partial charge in [-0.05, 0) is 63.9 Å². The molecule has 0 aliphatic heterocycles. The zero-order valence-corrected chi connectivity index (χ0v) is 23.8. The maximum absolute atomic E-state index is 15.0. The average Bonchev–Trinajstić information content (AvgIpc) is 2.88. The average molecular weight is 554 g/mol. The Balaban J connectivity index is 2.07. The van der Waals surface area contributed by atoms with Gasteiger partial charge in [-0.3, -0.25) is 13.9 Å². The summed E-state index contributed by atoms with van der Waals surface area (Å²) in [5.74, 6) is -1.75. The van der Waals surface area contributed by atoms with E-state index in [4.69, 9.17) is 0 Å². The van der Waals surface area contributed by atoms with E-state index in [1.807, 2.05) is 52.0 Å². The van der Waals surface area contributed by atoms with Gasteiger partial charge >= 0.3 is 0 Å². The molecular weight excluding hydrogens is 517 g/mol. The summed E-state index contributed by atoms with van der Waals surface area (Å²) in [6, 6.07) is 18.1. The summed E-state index contributed by atoms with van der Waals surface area (Å²) in [5.41, 5.74) is 2.43. The van der Waals surface area contributed by atoms with E-state index in [9.17, 15) is 22.4 Å². The minimum Gasteiger partial charge on any atom is -0.352 e. The molecule has 0 heterocycles. The lowest BCUT2D eigenvalue weighted by Gasteiger charge is -2.33. The van der Waals surface area contributed by atoms with E-state index in [-0.39, 0.29) is 29.1 Å². The van der Waals surface area contributed by atoms with E-state index in [0.717, 1.165) is 27.1 Å². The Kier molecular flexibility index (Phi) is 9.86. The molecule has 0 fully saturated rings. The number of halogens is 1. The summed E-state index contributed by atoms with van der Waals surface area (Å²) in [4.78, 5) is 28.4. The van der Waals surface area contributed by atoms with Crippen LogP contribution in [0.15, 0.2) is 77.7 Å². The van der Waals surface area contributed by atoms with Crippen LogP contribution in [0.25, 0.3) is 0 Å². The molecular formula is C30H36FN3O4S. The van der Waals surface area contributed by atoms with Gasteiger partial charge in [-0.1, -0.05) is 66.6 Å². The van der Waals surface area contributed by atoms with Crippen LogP contribution in [0.1, 0.15) is 43.9 Å². The quantitative estimate of drug-likeness (QED) is 0.363. The largest absolute Gasteiger partial charge is 0.352 e. The number of nitrogens with zero attached hydrogens (tertiary/aromatic N) is 2. The third-order valence-electron chi connectivity index (χ3n) is 6.30. The molecule has 7 nitrogen and oxygen atoms in total.